The average molecular weight is 458 g/mol. The van der Waals surface area contributed by atoms with Gasteiger partial charge >= 0.3 is 0 Å². The maximum atomic E-state index is 5.76. The molecule has 4 heteroatoms. The van der Waals surface area contributed by atoms with Gasteiger partial charge in [0.15, 0.2) is 0 Å². The summed E-state index contributed by atoms with van der Waals surface area (Å²) in [6, 6.07) is 38.7. The first-order valence-corrected chi connectivity index (χ1v) is 13.8. The molecule has 4 aromatic carbocycles. The maximum Gasteiger partial charge on any atom is 0.126 e. The van der Waals surface area contributed by atoms with Crippen molar-refractivity contribution in [1.29, 1.82) is 0 Å². The van der Waals surface area contributed by atoms with E-state index < -0.39 is 15.8 Å². The molecule has 0 spiro atoms. The summed E-state index contributed by atoms with van der Waals surface area (Å²) in [5.41, 5.74) is 0. The van der Waals surface area contributed by atoms with E-state index in [-0.39, 0.29) is 0 Å². The fourth-order valence-corrected chi connectivity index (χ4v) is 9.51. The molecule has 0 amide bonds. The molecule has 0 aliphatic rings. The zero-order valence-electron chi connectivity index (χ0n) is 18.5. The summed E-state index contributed by atoms with van der Waals surface area (Å²) in [7, 11) is 2.43. The molecule has 0 saturated carbocycles. The van der Waals surface area contributed by atoms with Gasteiger partial charge in [0.1, 0.15) is 11.5 Å². The normalized spacial score (nSPS) is 12.7. The van der Waals surface area contributed by atoms with Crippen molar-refractivity contribution in [3.8, 4) is 11.5 Å². The van der Waals surface area contributed by atoms with Crippen molar-refractivity contribution in [3.05, 3.63) is 109 Å². The van der Waals surface area contributed by atoms with E-state index in [4.69, 9.17) is 9.47 Å². The molecule has 4 aromatic rings. The predicted molar refractivity (Wildman–Crippen MR) is 141 cm³/mol. The fraction of sp³-hybridized carbons (Fsp3) is 0.143. The molecule has 0 bridgehead atoms. The molecule has 0 aliphatic heterocycles. The third kappa shape index (κ3) is 5.21. The summed E-state index contributed by atoms with van der Waals surface area (Å²) in [5, 5.41) is 5.38. The van der Waals surface area contributed by atoms with E-state index in [0.29, 0.717) is 0 Å². The first-order chi connectivity index (χ1) is 15.8. The number of methoxy groups -OCH3 is 2. The lowest BCUT2D eigenvalue weighted by molar-refractivity contribution is 0.418. The molecule has 2 atom stereocenters. The van der Waals surface area contributed by atoms with Gasteiger partial charge in [0.2, 0.25) is 0 Å². The number of para-hydroxylation sites is 2. The van der Waals surface area contributed by atoms with Crippen molar-refractivity contribution < 1.29 is 9.47 Å². The molecule has 0 unspecified atom stereocenters. The van der Waals surface area contributed by atoms with Crippen LogP contribution in [0.3, 0.4) is 0 Å². The van der Waals surface area contributed by atoms with Crippen LogP contribution in [0.1, 0.15) is 0 Å². The molecular formula is C28H28O2P2. The Morgan fingerprint density at radius 2 is 0.812 bits per heavy atom. The molecule has 0 saturated heterocycles. The van der Waals surface area contributed by atoms with Crippen LogP contribution in [0.5, 0.6) is 11.5 Å². The van der Waals surface area contributed by atoms with Gasteiger partial charge in [-0.3, -0.25) is 0 Å². The van der Waals surface area contributed by atoms with E-state index in [1.807, 2.05) is 12.1 Å². The maximum absolute atomic E-state index is 5.76. The summed E-state index contributed by atoms with van der Waals surface area (Å²) in [5.74, 6) is 1.95. The van der Waals surface area contributed by atoms with Crippen molar-refractivity contribution in [2.45, 2.75) is 0 Å². The van der Waals surface area contributed by atoms with Gasteiger partial charge in [-0.05, 0) is 50.9 Å². The van der Waals surface area contributed by atoms with Crippen molar-refractivity contribution >= 4 is 37.1 Å². The molecule has 0 fully saturated rings. The number of rotatable bonds is 9. The van der Waals surface area contributed by atoms with Gasteiger partial charge in [0, 0.05) is 10.6 Å². The Morgan fingerprint density at radius 3 is 1.19 bits per heavy atom. The van der Waals surface area contributed by atoms with Crippen molar-refractivity contribution in [3.63, 3.8) is 0 Å². The second-order valence-corrected chi connectivity index (χ2v) is 11.9. The second kappa shape index (κ2) is 11.3. The van der Waals surface area contributed by atoms with Crippen LogP contribution in [-0.2, 0) is 0 Å². The molecule has 0 radical (unpaired) electrons. The molecule has 0 heterocycles. The minimum absolute atomic E-state index is 0.554. The minimum atomic E-state index is -0.554. The van der Waals surface area contributed by atoms with Crippen LogP contribution in [0.25, 0.3) is 0 Å². The molecule has 162 valence electrons. The van der Waals surface area contributed by atoms with Gasteiger partial charge in [-0.2, -0.15) is 0 Å². The monoisotopic (exact) mass is 458 g/mol. The Kier molecular flexibility index (Phi) is 7.94. The Labute approximate surface area is 193 Å². The van der Waals surface area contributed by atoms with E-state index in [2.05, 4.69) is 97.1 Å². The summed E-state index contributed by atoms with van der Waals surface area (Å²) < 4.78 is 11.5. The third-order valence-electron chi connectivity index (χ3n) is 5.43. The summed E-state index contributed by atoms with van der Waals surface area (Å²) in [6.07, 6.45) is 2.16. The van der Waals surface area contributed by atoms with Crippen LogP contribution in [-0.4, -0.2) is 26.5 Å². The largest absolute Gasteiger partial charge is 0.496 e. The van der Waals surface area contributed by atoms with E-state index in [0.717, 1.165) is 23.8 Å². The first-order valence-electron chi connectivity index (χ1n) is 10.7. The van der Waals surface area contributed by atoms with E-state index in [1.54, 1.807) is 14.2 Å². The van der Waals surface area contributed by atoms with Crippen molar-refractivity contribution in [2.24, 2.45) is 0 Å². The standard InChI is InChI=1S/C28H28O2P2/c1-29-25-17-9-11-19-27(25)31(23-13-5-3-6-14-23)21-22-32(24-15-7-4-8-16-24)28-20-12-10-18-26(28)30-2/h3-20H,21-22H2,1-2H3/t31-,32+. The summed E-state index contributed by atoms with van der Waals surface area (Å²) in [4.78, 5) is 0. The van der Waals surface area contributed by atoms with Gasteiger partial charge in [-0.25, -0.2) is 0 Å². The SMILES string of the molecule is COc1ccccc1[P@](CC[P@@](c1ccccc1)c1ccccc1OC)c1ccccc1. The Bertz CT molecular complexity index is 1030. The Hall–Kier alpha value is -2.66. The van der Waals surface area contributed by atoms with Crippen LogP contribution >= 0.6 is 15.8 Å². The number of benzene rings is 4. The molecule has 0 aliphatic carbocycles. The number of hydrogen-bond acceptors (Lipinski definition) is 2. The molecule has 4 rings (SSSR count). The minimum Gasteiger partial charge on any atom is -0.496 e. The van der Waals surface area contributed by atoms with Crippen LogP contribution in [0.15, 0.2) is 109 Å². The Balaban J connectivity index is 1.72. The number of ether oxygens (including phenoxy) is 2. The van der Waals surface area contributed by atoms with Crippen molar-refractivity contribution in [2.75, 3.05) is 26.5 Å². The molecule has 2 nitrogen and oxygen atoms in total. The quantitative estimate of drug-likeness (QED) is 0.318. The van der Waals surface area contributed by atoms with Crippen LogP contribution in [0.4, 0.5) is 0 Å². The fourth-order valence-electron chi connectivity index (χ4n) is 3.90. The van der Waals surface area contributed by atoms with Crippen LogP contribution in [0, 0.1) is 0 Å². The Morgan fingerprint density at radius 1 is 0.469 bits per heavy atom. The zero-order valence-corrected chi connectivity index (χ0v) is 20.3. The van der Waals surface area contributed by atoms with Gasteiger partial charge in [0.05, 0.1) is 14.2 Å². The lowest BCUT2D eigenvalue weighted by atomic mass is 10.3. The van der Waals surface area contributed by atoms with Gasteiger partial charge < -0.3 is 9.47 Å². The van der Waals surface area contributed by atoms with Crippen LogP contribution < -0.4 is 30.7 Å². The molecule has 32 heavy (non-hydrogen) atoms. The second-order valence-electron chi connectivity index (χ2n) is 7.32. The third-order valence-corrected chi connectivity index (χ3v) is 10.9. The van der Waals surface area contributed by atoms with E-state index in [1.165, 1.54) is 21.2 Å². The summed E-state index contributed by atoms with van der Waals surface area (Å²) >= 11 is 0. The van der Waals surface area contributed by atoms with Crippen molar-refractivity contribution in [1.82, 2.24) is 0 Å². The summed E-state index contributed by atoms with van der Waals surface area (Å²) in [6.45, 7) is 0. The van der Waals surface area contributed by atoms with Gasteiger partial charge in [0.25, 0.3) is 0 Å². The van der Waals surface area contributed by atoms with E-state index >= 15 is 0 Å². The highest BCUT2D eigenvalue weighted by Gasteiger charge is 2.23. The van der Waals surface area contributed by atoms with Crippen LogP contribution in [0.2, 0.25) is 0 Å². The predicted octanol–water partition coefficient (Wildman–Crippen LogP) is 5.27. The zero-order chi connectivity index (χ0) is 22.2. The lowest BCUT2D eigenvalue weighted by Gasteiger charge is -2.25. The molecular weight excluding hydrogens is 430 g/mol. The van der Waals surface area contributed by atoms with Gasteiger partial charge in [-0.15, -0.1) is 0 Å². The average Bonchev–Trinajstić information content (AvgIpc) is 2.88. The van der Waals surface area contributed by atoms with E-state index in [9.17, 15) is 0 Å². The van der Waals surface area contributed by atoms with Gasteiger partial charge in [-0.1, -0.05) is 97.1 Å². The number of hydrogen-bond donors (Lipinski definition) is 0. The highest BCUT2D eigenvalue weighted by molar-refractivity contribution is 7.76. The lowest BCUT2D eigenvalue weighted by Crippen LogP contribution is -2.21. The highest BCUT2D eigenvalue weighted by Crippen LogP contribution is 2.44. The topological polar surface area (TPSA) is 18.5 Å². The highest BCUT2D eigenvalue weighted by atomic mass is 31.1. The molecule has 0 N–H and O–H groups in total. The first kappa shape index (κ1) is 22.5. The smallest absolute Gasteiger partial charge is 0.126 e. The molecule has 0 aromatic heterocycles.